The number of hydrogen-bond donors (Lipinski definition) is 2. The minimum atomic E-state index is -1.86. The number of hydrogen-bond acceptors (Lipinski definition) is 11. The van der Waals surface area contributed by atoms with Gasteiger partial charge in [0.25, 0.3) is 0 Å². The number of aliphatic carboxylic acids is 1. The van der Waals surface area contributed by atoms with Crippen LogP contribution in [0.15, 0.2) is 18.2 Å². The zero-order chi connectivity index (χ0) is 28.2. The molecule has 2 atom stereocenters. The second-order valence-electron chi connectivity index (χ2n) is 9.04. The molecule has 0 fully saturated rings. The normalized spacial score (nSPS) is 13.3. The van der Waals surface area contributed by atoms with Crippen LogP contribution in [0.1, 0.15) is 66.4 Å². The molecule has 0 aromatic heterocycles. The molecule has 1 aromatic carbocycles. The minimum Gasteiger partial charge on any atom is -0.480 e. The van der Waals surface area contributed by atoms with Crippen LogP contribution < -0.4 is 15.2 Å². The van der Waals surface area contributed by atoms with Crippen molar-refractivity contribution >= 4 is 24.4 Å². The number of benzene rings is 1. The molecule has 0 heterocycles. The lowest BCUT2D eigenvalue weighted by molar-refractivity contribution is -0.144. The Kier molecular flexibility index (Phi) is 12.7. The third kappa shape index (κ3) is 11.8. The minimum absolute atomic E-state index is 0.153. The van der Waals surface area contributed by atoms with Crippen LogP contribution in [0, 0.1) is 0 Å². The summed E-state index contributed by atoms with van der Waals surface area (Å²) in [6, 6.07) is 4.06. The molecule has 0 aliphatic heterocycles. The first-order valence-corrected chi connectivity index (χ1v) is 12.0. The summed E-state index contributed by atoms with van der Waals surface area (Å²) in [7, 11) is 0. The molecule has 0 aliphatic carbocycles. The first-order chi connectivity index (χ1) is 17.2. The lowest BCUT2D eigenvalue weighted by Gasteiger charge is -2.28. The SMILES string of the molecule is CCCCOC(=O)O[C@@H](C)CC(N)(Cc1ccc(OC(=O)OC(C)C)c(OC(=O)OC(C)C)c1)C(=O)O. The number of carbonyl (C=O) groups is 4. The molecule has 37 heavy (non-hydrogen) atoms. The van der Waals surface area contributed by atoms with Crippen molar-refractivity contribution in [2.24, 2.45) is 5.73 Å². The Bertz CT molecular complexity index is 931. The molecule has 0 bridgehead atoms. The van der Waals surface area contributed by atoms with Gasteiger partial charge in [0.2, 0.25) is 0 Å². The van der Waals surface area contributed by atoms with E-state index in [-0.39, 0.29) is 30.9 Å². The Balaban J connectivity index is 3.11. The highest BCUT2D eigenvalue weighted by Gasteiger charge is 2.37. The molecule has 208 valence electrons. The van der Waals surface area contributed by atoms with Crippen LogP contribution in [-0.4, -0.2) is 60.0 Å². The Labute approximate surface area is 216 Å². The highest BCUT2D eigenvalue weighted by Crippen LogP contribution is 2.31. The third-order valence-electron chi connectivity index (χ3n) is 4.67. The van der Waals surface area contributed by atoms with Gasteiger partial charge < -0.3 is 39.3 Å². The Hall–Kier alpha value is -3.54. The Morgan fingerprint density at radius 1 is 0.892 bits per heavy atom. The van der Waals surface area contributed by atoms with Gasteiger partial charge >= 0.3 is 24.4 Å². The lowest BCUT2D eigenvalue weighted by Crippen LogP contribution is -2.52. The molecule has 1 unspecified atom stereocenters. The highest BCUT2D eigenvalue weighted by molar-refractivity contribution is 5.79. The van der Waals surface area contributed by atoms with Gasteiger partial charge in [0.05, 0.1) is 18.8 Å². The zero-order valence-corrected chi connectivity index (χ0v) is 22.1. The number of ether oxygens (including phenoxy) is 6. The molecule has 12 nitrogen and oxygen atoms in total. The van der Waals surface area contributed by atoms with Gasteiger partial charge in [0.1, 0.15) is 11.6 Å². The maximum absolute atomic E-state index is 12.1. The highest BCUT2D eigenvalue weighted by atomic mass is 16.8. The van der Waals surface area contributed by atoms with Gasteiger partial charge in [-0.15, -0.1) is 0 Å². The van der Waals surface area contributed by atoms with Gasteiger partial charge in [0, 0.05) is 12.8 Å². The van der Waals surface area contributed by atoms with Gasteiger partial charge in [-0.25, -0.2) is 14.4 Å². The molecular formula is C25H37NO11. The Morgan fingerprint density at radius 2 is 1.46 bits per heavy atom. The van der Waals surface area contributed by atoms with E-state index < -0.39 is 48.3 Å². The average Bonchev–Trinajstić information content (AvgIpc) is 2.74. The summed E-state index contributed by atoms with van der Waals surface area (Å²) in [6.45, 7) is 10.1. The summed E-state index contributed by atoms with van der Waals surface area (Å²) in [5, 5.41) is 9.83. The van der Waals surface area contributed by atoms with E-state index in [0.717, 1.165) is 6.42 Å². The van der Waals surface area contributed by atoms with Crippen molar-refractivity contribution in [1.29, 1.82) is 0 Å². The zero-order valence-electron chi connectivity index (χ0n) is 22.1. The molecular weight excluding hydrogens is 490 g/mol. The fraction of sp³-hybridized carbons (Fsp3) is 0.600. The number of unbranched alkanes of at least 4 members (excludes halogenated alkanes) is 1. The molecule has 3 N–H and O–H groups in total. The Morgan fingerprint density at radius 3 is 1.97 bits per heavy atom. The van der Waals surface area contributed by atoms with E-state index in [4.69, 9.17) is 34.2 Å². The van der Waals surface area contributed by atoms with E-state index in [9.17, 15) is 24.3 Å². The molecule has 0 saturated carbocycles. The summed E-state index contributed by atoms with van der Waals surface area (Å²) in [5.74, 6) is -1.70. The van der Waals surface area contributed by atoms with Gasteiger partial charge in [-0.2, -0.15) is 0 Å². The van der Waals surface area contributed by atoms with Crippen LogP contribution in [-0.2, 0) is 30.2 Å². The van der Waals surface area contributed by atoms with E-state index >= 15 is 0 Å². The molecule has 0 aliphatic rings. The molecule has 0 spiro atoms. The molecule has 0 amide bonds. The summed E-state index contributed by atoms with van der Waals surface area (Å²) >= 11 is 0. The predicted molar refractivity (Wildman–Crippen MR) is 131 cm³/mol. The van der Waals surface area contributed by atoms with Crippen LogP contribution in [0.4, 0.5) is 14.4 Å². The van der Waals surface area contributed by atoms with Crippen LogP contribution in [0.3, 0.4) is 0 Å². The van der Waals surface area contributed by atoms with E-state index in [0.29, 0.717) is 12.0 Å². The van der Waals surface area contributed by atoms with Crippen molar-refractivity contribution < 1.29 is 52.7 Å². The fourth-order valence-corrected chi connectivity index (χ4v) is 3.09. The van der Waals surface area contributed by atoms with E-state index in [1.807, 2.05) is 6.92 Å². The molecule has 1 aromatic rings. The van der Waals surface area contributed by atoms with E-state index in [1.54, 1.807) is 27.7 Å². The second-order valence-corrected chi connectivity index (χ2v) is 9.04. The van der Waals surface area contributed by atoms with Crippen molar-refractivity contribution in [2.45, 2.75) is 91.1 Å². The van der Waals surface area contributed by atoms with Crippen LogP contribution >= 0.6 is 0 Å². The van der Waals surface area contributed by atoms with Crippen molar-refractivity contribution in [3.63, 3.8) is 0 Å². The summed E-state index contributed by atoms with van der Waals surface area (Å²) < 4.78 is 30.3. The van der Waals surface area contributed by atoms with E-state index in [1.165, 1.54) is 25.1 Å². The number of nitrogens with two attached hydrogens (primary N) is 1. The summed E-state index contributed by atoms with van der Waals surface area (Å²) in [5.41, 5.74) is 4.66. The maximum Gasteiger partial charge on any atom is 0.514 e. The monoisotopic (exact) mass is 527 g/mol. The number of rotatable bonds is 13. The number of carboxylic acid groups (broad SMARTS) is 1. The molecule has 0 radical (unpaired) electrons. The average molecular weight is 528 g/mol. The number of carboxylic acids is 1. The van der Waals surface area contributed by atoms with Crippen LogP contribution in [0.5, 0.6) is 11.5 Å². The van der Waals surface area contributed by atoms with Gasteiger partial charge in [-0.05, 0) is 58.7 Å². The fourth-order valence-electron chi connectivity index (χ4n) is 3.09. The lowest BCUT2D eigenvalue weighted by atomic mass is 9.86. The summed E-state index contributed by atoms with van der Waals surface area (Å²) in [4.78, 5) is 47.9. The molecule has 0 saturated heterocycles. The topological polar surface area (TPSA) is 170 Å². The van der Waals surface area contributed by atoms with Crippen molar-refractivity contribution in [3.05, 3.63) is 23.8 Å². The maximum atomic E-state index is 12.1. The van der Waals surface area contributed by atoms with Gasteiger partial charge in [-0.1, -0.05) is 19.4 Å². The van der Waals surface area contributed by atoms with Crippen LogP contribution in [0.25, 0.3) is 0 Å². The third-order valence-corrected chi connectivity index (χ3v) is 4.67. The molecule has 1 rings (SSSR count). The molecule has 12 heteroatoms. The second kappa shape index (κ2) is 14.9. The van der Waals surface area contributed by atoms with Crippen molar-refractivity contribution in [3.8, 4) is 11.5 Å². The standard InChI is InChI=1S/C25H37NO11/c1-7-8-11-32-22(29)35-17(6)13-25(26,21(27)28)14-18-9-10-19(36-23(30)33-15(2)3)20(12-18)37-24(31)34-16(4)5/h9-10,12,15-17H,7-8,11,13-14,26H2,1-6H3,(H,27,28)/t17-,25?/m0/s1. The smallest absolute Gasteiger partial charge is 0.480 e. The van der Waals surface area contributed by atoms with Crippen molar-refractivity contribution in [1.82, 2.24) is 0 Å². The van der Waals surface area contributed by atoms with Gasteiger partial charge in [-0.3, -0.25) is 4.79 Å². The van der Waals surface area contributed by atoms with Crippen LogP contribution in [0.2, 0.25) is 0 Å². The largest absolute Gasteiger partial charge is 0.514 e. The number of carbonyl (C=O) groups excluding carboxylic acids is 3. The first kappa shape index (κ1) is 31.5. The van der Waals surface area contributed by atoms with E-state index in [2.05, 4.69) is 0 Å². The quantitative estimate of drug-likeness (QED) is 0.158. The summed E-state index contributed by atoms with van der Waals surface area (Å²) in [6.07, 6.45) is -3.80. The first-order valence-electron chi connectivity index (χ1n) is 12.0. The van der Waals surface area contributed by atoms with Gasteiger partial charge in [0.15, 0.2) is 11.5 Å². The predicted octanol–water partition coefficient (Wildman–Crippen LogP) is 4.59. The van der Waals surface area contributed by atoms with Crippen molar-refractivity contribution in [2.75, 3.05) is 6.61 Å².